The Hall–Kier alpha value is -1.03. The Morgan fingerprint density at radius 2 is 1.94 bits per heavy atom. The van der Waals surface area contributed by atoms with Gasteiger partial charge >= 0.3 is 0 Å². The van der Waals surface area contributed by atoms with E-state index in [9.17, 15) is 0 Å². The third-order valence-corrected chi connectivity index (χ3v) is 5.11. The highest BCUT2D eigenvalue weighted by Gasteiger charge is 2.11. The maximum Gasteiger partial charge on any atom is 0.0491 e. The van der Waals surface area contributed by atoms with Gasteiger partial charge in [0.2, 0.25) is 0 Å². The second-order valence-electron chi connectivity index (χ2n) is 4.01. The van der Waals surface area contributed by atoms with Gasteiger partial charge in [0.05, 0.1) is 0 Å². The number of nitrogen functional groups attached to an aromatic ring is 1. The van der Waals surface area contributed by atoms with Crippen LogP contribution in [-0.4, -0.2) is 0 Å². The van der Waals surface area contributed by atoms with Gasteiger partial charge in [0.15, 0.2) is 0 Å². The summed E-state index contributed by atoms with van der Waals surface area (Å²) in [6, 6.07) is 11.8. The Labute approximate surface area is 122 Å². The van der Waals surface area contributed by atoms with Crippen molar-refractivity contribution in [2.45, 2.75) is 0 Å². The second-order valence-corrected chi connectivity index (χ2v) is 6.15. The van der Waals surface area contributed by atoms with E-state index in [0.29, 0.717) is 0 Å². The number of hydrogen-bond donors (Lipinski definition) is 1. The van der Waals surface area contributed by atoms with Gasteiger partial charge in [0, 0.05) is 36.4 Å². The quantitative estimate of drug-likeness (QED) is 0.577. The van der Waals surface area contributed by atoms with Gasteiger partial charge in [-0.1, -0.05) is 23.7 Å². The summed E-state index contributed by atoms with van der Waals surface area (Å²) in [5.74, 6) is 0. The predicted molar refractivity (Wildman–Crippen MR) is 84.4 cm³/mol. The number of hydrogen-bond acceptors (Lipinski definition) is 2. The van der Waals surface area contributed by atoms with Crippen LogP contribution < -0.4 is 5.73 Å². The zero-order valence-electron chi connectivity index (χ0n) is 9.28. The lowest BCUT2D eigenvalue weighted by Crippen LogP contribution is -1.86. The highest BCUT2D eigenvalue weighted by atomic mass is 79.9. The zero-order chi connectivity index (χ0) is 12.7. The van der Waals surface area contributed by atoms with E-state index in [2.05, 4.69) is 27.4 Å². The molecule has 0 aliphatic carbocycles. The Kier molecular flexibility index (Phi) is 3.06. The van der Waals surface area contributed by atoms with Crippen LogP contribution in [-0.2, 0) is 0 Å². The summed E-state index contributed by atoms with van der Waals surface area (Å²) >= 11 is 11.5. The van der Waals surface area contributed by atoms with Crippen LogP contribution in [0.5, 0.6) is 0 Å². The molecule has 3 aromatic rings. The molecule has 0 amide bonds. The van der Waals surface area contributed by atoms with Crippen LogP contribution in [0.4, 0.5) is 5.69 Å². The third-order valence-electron chi connectivity index (χ3n) is 2.83. The predicted octanol–water partition coefficient (Wildman–Crippen LogP) is 5.57. The molecule has 0 bridgehead atoms. The molecule has 0 saturated carbocycles. The lowest BCUT2D eigenvalue weighted by Gasteiger charge is -2.05. The molecule has 0 aliphatic rings. The van der Waals surface area contributed by atoms with Crippen molar-refractivity contribution >= 4 is 54.6 Å². The molecule has 18 heavy (non-hydrogen) atoms. The largest absolute Gasteiger partial charge is 0.399 e. The number of rotatable bonds is 1. The van der Waals surface area contributed by atoms with Gasteiger partial charge in [-0.05, 0) is 45.6 Å². The molecule has 2 aromatic carbocycles. The molecule has 90 valence electrons. The third kappa shape index (κ3) is 1.92. The summed E-state index contributed by atoms with van der Waals surface area (Å²) in [5, 5.41) is 4.04. The lowest BCUT2D eigenvalue weighted by atomic mass is 10.0. The molecular formula is C14H9BrClNS. The van der Waals surface area contributed by atoms with Crippen molar-refractivity contribution in [2.75, 3.05) is 5.73 Å². The molecule has 0 radical (unpaired) electrons. The minimum atomic E-state index is 0.726. The highest BCUT2D eigenvalue weighted by Crippen LogP contribution is 2.40. The molecule has 0 saturated heterocycles. The maximum absolute atomic E-state index is 6.27. The topological polar surface area (TPSA) is 26.0 Å². The summed E-state index contributed by atoms with van der Waals surface area (Å²) in [7, 11) is 0. The fourth-order valence-electron chi connectivity index (χ4n) is 1.98. The van der Waals surface area contributed by atoms with Crippen molar-refractivity contribution < 1.29 is 0 Å². The molecule has 3 rings (SSSR count). The maximum atomic E-state index is 6.27. The molecule has 0 spiro atoms. The fourth-order valence-corrected chi connectivity index (χ4v) is 3.82. The monoisotopic (exact) mass is 337 g/mol. The fraction of sp³-hybridized carbons (Fsp3) is 0. The molecule has 0 fully saturated rings. The molecule has 1 heterocycles. The van der Waals surface area contributed by atoms with Gasteiger partial charge in [0.25, 0.3) is 0 Å². The van der Waals surface area contributed by atoms with E-state index in [4.69, 9.17) is 17.3 Å². The van der Waals surface area contributed by atoms with Crippen LogP contribution in [0.2, 0.25) is 5.02 Å². The minimum Gasteiger partial charge on any atom is -0.399 e. The standard InChI is InChI=1S/C14H9BrClNS/c15-12-3-1-2-9-11(7-18-14(9)12)10-6-8(17)4-5-13(10)16/h1-7H,17H2. The first kappa shape index (κ1) is 12.0. The van der Waals surface area contributed by atoms with Crippen molar-refractivity contribution in [1.82, 2.24) is 0 Å². The van der Waals surface area contributed by atoms with E-state index in [0.717, 1.165) is 26.3 Å². The Balaban J connectivity index is 2.32. The zero-order valence-corrected chi connectivity index (χ0v) is 12.4. The normalized spacial score (nSPS) is 11.0. The summed E-state index contributed by atoms with van der Waals surface area (Å²) < 4.78 is 2.34. The van der Waals surface area contributed by atoms with Gasteiger partial charge in [-0.3, -0.25) is 0 Å². The van der Waals surface area contributed by atoms with E-state index >= 15 is 0 Å². The second kappa shape index (κ2) is 4.57. The van der Waals surface area contributed by atoms with Crippen molar-refractivity contribution in [3.05, 3.63) is 51.3 Å². The van der Waals surface area contributed by atoms with Crippen molar-refractivity contribution in [2.24, 2.45) is 0 Å². The minimum absolute atomic E-state index is 0.726. The molecule has 2 N–H and O–H groups in total. The molecule has 0 aliphatic heterocycles. The van der Waals surface area contributed by atoms with Crippen molar-refractivity contribution in [3.63, 3.8) is 0 Å². The van der Waals surface area contributed by atoms with Crippen LogP contribution in [0.3, 0.4) is 0 Å². The van der Waals surface area contributed by atoms with Gasteiger partial charge in [-0.2, -0.15) is 0 Å². The average Bonchev–Trinajstić information content (AvgIpc) is 2.77. The Morgan fingerprint density at radius 1 is 1.11 bits per heavy atom. The van der Waals surface area contributed by atoms with E-state index in [-0.39, 0.29) is 0 Å². The molecular weight excluding hydrogens is 330 g/mol. The van der Waals surface area contributed by atoms with Crippen LogP contribution in [0.25, 0.3) is 21.2 Å². The SMILES string of the molecule is Nc1ccc(Cl)c(-c2csc3c(Br)cccc23)c1. The first-order chi connectivity index (χ1) is 8.66. The number of benzene rings is 2. The van der Waals surface area contributed by atoms with Crippen LogP contribution in [0, 0.1) is 0 Å². The molecule has 0 unspecified atom stereocenters. The van der Waals surface area contributed by atoms with E-state index in [1.54, 1.807) is 11.3 Å². The van der Waals surface area contributed by atoms with Crippen molar-refractivity contribution in [3.8, 4) is 11.1 Å². The number of anilines is 1. The highest BCUT2D eigenvalue weighted by molar-refractivity contribution is 9.10. The first-order valence-corrected chi connectivity index (χ1v) is 7.43. The summed E-state index contributed by atoms with van der Waals surface area (Å²) in [6.45, 7) is 0. The smallest absolute Gasteiger partial charge is 0.0491 e. The van der Waals surface area contributed by atoms with E-state index < -0.39 is 0 Å². The van der Waals surface area contributed by atoms with Gasteiger partial charge in [-0.25, -0.2) is 0 Å². The number of fused-ring (bicyclic) bond motifs is 1. The van der Waals surface area contributed by atoms with E-state index in [1.807, 2.05) is 30.3 Å². The van der Waals surface area contributed by atoms with Crippen molar-refractivity contribution in [1.29, 1.82) is 0 Å². The number of thiophene rings is 1. The molecule has 1 nitrogen and oxygen atoms in total. The first-order valence-electron chi connectivity index (χ1n) is 5.38. The average molecular weight is 339 g/mol. The molecule has 0 atom stereocenters. The van der Waals surface area contributed by atoms with Crippen LogP contribution >= 0.6 is 38.9 Å². The summed E-state index contributed by atoms with van der Waals surface area (Å²) in [5.41, 5.74) is 8.69. The Bertz CT molecular complexity index is 736. The van der Waals surface area contributed by atoms with Gasteiger partial charge < -0.3 is 5.73 Å². The van der Waals surface area contributed by atoms with Crippen LogP contribution in [0.15, 0.2) is 46.3 Å². The summed E-state index contributed by atoms with van der Waals surface area (Å²) in [6.07, 6.45) is 0. The Morgan fingerprint density at radius 3 is 2.78 bits per heavy atom. The lowest BCUT2D eigenvalue weighted by molar-refractivity contribution is 1.66. The molecule has 1 aromatic heterocycles. The number of nitrogens with two attached hydrogens (primary N) is 1. The summed E-state index contributed by atoms with van der Waals surface area (Å²) in [4.78, 5) is 0. The van der Waals surface area contributed by atoms with Gasteiger partial charge in [0.1, 0.15) is 0 Å². The van der Waals surface area contributed by atoms with Gasteiger partial charge in [-0.15, -0.1) is 11.3 Å². The molecule has 4 heteroatoms. The van der Waals surface area contributed by atoms with Crippen LogP contribution in [0.1, 0.15) is 0 Å². The number of halogens is 2. The van der Waals surface area contributed by atoms with E-state index in [1.165, 1.54) is 10.1 Å².